The van der Waals surface area contributed by atoms with Crippen molar-refractivity contribution in [2.24, 2.45) is 5.73 Å². The molecule has 1 aromatic rings. The summed E-state index contributed by atoms with van der Waals surface area (Å²) in [5, 5.41) is 1.62. The Morgan fingerprint density at radius 2 is 2.17 bits per heavy atom. The molecular weight excluding hydrogens is 256 g/mol. The molecule has 0 saturated carbocycles. The van der Waals surface area contributed by atoms with Gasteiger partial charge in [-0.1, -0.05) is 0 Å². The predicted molar refractivity (Wildman–Crippen MR) is 64.8 cm³/mol. The van der Waals surface area contributed by atoms with Gasteiger partial charge in [0, 0.05) is 25.8 Å². The number of aromatic nitrogens is 1. The van der Waals surface area contributed by atoms with Crippen LogP contribution in [-0.2, 0) is 21.3 Å². The van der Waals surface area contributed by atoms with Gasteiger partial charge in [-0.25, -0.2) is 13.4 Å². The van der Waals surface area contributed by atoms with E-state index in [1.165, 1.54) is 12.3 Å². The van der Waals surface area contributed by atoms with Crippen LogP contribution < -0.4 is 10.6 Å². The van der Waals surface area contributed by atoms with E-state index in [1.807, 2.05) is 0 Å². The summed E-state index contributed by atoms with van der Waals surface area (Å²) in [7, 11) is -3.62. The van der Waals surface area contributed by atoms with Gasteiger partial charge in [0.1, 0.15) is 4.90 Å². The molecule has 1 fully saturated rings. The molecule has 100 valence electrons. The molecule has 8 heteroatoms. The Hall–Kier alpha value is -1.06. The third-order valence-corrected chi connectivity index (χ3v) is 4.04. The Balaban J connectivity index is 2.19. The lowest BCUT2D eigenvalue weighted by Gasteiger charge is -2.26. The fourth-order valence-electron chi connectivity index (χ4n) is 1.69. The van der Waals surface area contributed by atoms with Crippen molar-refractivity contribution in [2.75, 3.05) is 26.3 Å². The molecular formula is C10H16N4O3S. The number of nitrogens with one attached hydrogen (secondary N) is 1. The predicted octanol–water partition coefficient (Wildman–Crippen LogP) is -0.934. The van der Waals surface area contributed by atoms with Crippen LogP contribution in [0.2, 0.25) is 0 Å². The van der Waals surface area contributed by atoms with Crippen LogP contribution in [0, 0.1) is 0 Å². The summed E-state index contributed by atoms with van der Waals surface area (Å²) in [6.45, 7) is 2.16. The lowest BCUT2D eigenvalue weighted by molar-refractivity contribution is 0.0272. The van der Waals surface area contributed by atoms with Crippen LogP contribution in [0.25, 0.3) is 0 Å². The first-order chi connectivity index (χ1) is 8.63. The zero-order chi connectivity index (χ0) is 13.0. The van der Waals surface area contributed by atoms with E-state index < -0.39 is 10.0 Å². The normalized spacial score (nSPS) is 17.8. The molecule has 2 heterocycles. The number of ether oxygens (including phenoxy) is 1. The number of sulfonamides is 1. The molecule has 0 atom stereocenters. The first kappa shape index (κ1) is 13.4. The van der Waals surface area contributed by atoms with Crippen LogP contribution in [0.5, 0.6) is 0 Å². The number of nitrogens with two attached hydrogens (primary N) is 1. The van der Waals surface area contributed by atoms with E-state index in [9.17, 15) is 8.42 Å². The summed E-state index contributed by atoms with van der Waals surface area (Å²) in [5.41, 5.74) is 5.85. The van der Waals surface area contributed by atoms with Crippen molar-refractivity contribution in [3.8, 4) is 0 Å². The number of hydrogen-bond donors (Lipinski definition) is 2. The van der Waals surface area contributed by atoms with Gasteiger partial charge < -0.3 is 10.5 Å². The van der Waals surface area contributed by atoms with Crippen molar-refractivity contribution < 1.29 is 13.2 Å². The van der Waals surface area contributed by atoms with Crippen LogP contribution >= 0.6 is 0 Å². The minimum Gasteiger partial charge on any atom is -0.379 e. The van der Waals surface area contributed by atoms with E-state index in [0.29, 0.717) is 32.0 Å². The number of pyridine rings is 1. The van der Waals surface area contributed by atoms with Gasteiger partial charge in [-0.15, -0.1) is 4.83 Å². The summed E-state index contributed by atoms with van der Waals surface area (Å²) < 4.78 is 29.5. The van der Waals surface area contributed by atoms with Gasteiger partial charge in [-0.05, 0) is 12.1 Å². The first-order valence-electron chi connectivity index (χ1n) is 5.62. The highest BCUT2D eigenvalue weighted by Crippen LogP contribution is 2.12. The van der Waals surface area contributed by atoms with Crippen LogP contribution in [0.1, 0.15) is 5.69 Å². The fourth-order valence-corrected chi connectivity index (χ4v) is 3.02. The van der Waals surface area contributed by atoms with Gasteiger partial charge in [0.05, 0.1) is 18.9 Å². The maximum atomic E-state index is 12.2. The van der Waals surface area contributed by atoms with E-state index in [2.05, 4.69) is 9.82 Å². The van der Waals surface area contributed by atoms with Crippen molar-refractivity contribution in [3.05, 3.63) is 24.0 Å². The number of rotatable bonds is 4. The van der Waals surface area contributed by atoms with Crippen LogP contribution in [0.4, 0.5) is 0 Å². The minimum absolute atomic E-state index is 0.0835. The van der Waals surface area contributed by atoms with Gasteiger partial charge in [0.15, 0.2) is 0 Å². The van der Waals surface area contributed by atoms with Crippen molar-refractivity contribution in [1.29, 1.82) is 0 Å². The molecule has 0 spiro atoms. The van der Waals surface area contributed by atoms with Gasteiger partial charge >= 0.3 is 0 Å². The molecule has 0 bridgehead atoms. The Labute approximate surface area is 106 Å². The number of hydrogen-bond acceptors (Lipinski definition) is 6. The average molecular weight is 272 g/mol. The Morgan fingerprint density at radius 3 is 2.83 bits per heavy atom. The molecule has 2 rings (SSSR count). The molecule has 0 aliphatic carbocycles. The van der Waals surface area contributed by atoms with Gasteiger partial charge in [-0.3, -0.25) is 4.98 Å². The Morgan fingerprint density at radius 1 is 1.44 bits per heavy atom. The molecule has 0 radical (unpaired) electrons. The second-order valence-corrected chi connectivity index (χ2v) is 5.48. The standard InChI is InChI=1S/C10H16N4O3S/c11-8-9-10(2-1-3-12-9)18(15,16)13-14-4-6-17-7-5-14/h1-3,13H,4-8,11H2. The van der Waals surface area contributed by atoms with Crippen LogP contribution in [0.15, 0.2) is 23.2 Å². The summed E-state index contributed by atoms with van der Waals surface area (Å²) in [6.07, 6.45) is 1.52. The molecule has 1 aliphatic rings. The second-order valence-electron chi connectivity index (χ2n) is 3.85. The SMILES string of the molecule is NCc1ncccc1S(=O)(=O)NN1CCOCC1. The lowest BCUT2D eigenvalue weighted by Crippen LogP contribution is -2.48. The quantitative estimate of drug-likeness (QED) is 0.734. The maximum absolute atomic E-state index is 12.2. The van der Waals surface area contributed by atoms with E-state index in [4.69, 9.17) is 10.5 Å². The molecule has 3 N–H and O–H groups in total. The summed E-state index contributed by atoms with van der Waals surface area (Å²) in [6, 6.07) is 3.07. The molecule has 1 aromatic heterocycles. The van der Waals surface area contributed by atoms with Crippen molar-refractivity contribution in [1.82, 2.24) is 14.8 Å². The highest BCUT2D eigenvalue weighted by Gasteiger charge is 2.22. The molecule has 1 saturated heterocycles. The van der Waals surface area contributed by atoms with E-state index >= 15 is 0 Å². The Bertz CT molecular complexity index is 500. The minimum atomic E-state index is -3.62. The smallest absolute Gasteiger partial charge is 0.255 e. The monoisotopic (exact) mass is 272 g/mol. The van der Waals surface area contributed by atoms with Crippen molar-refractivity contribution in [3.63, 3.8) is 0 Å². The topological polar surface area (TPSA) is 97.5 Å². The van der Waals surface area contributed by atoms with E-state index in [0.717, 1.165) is 0 Å². The molecule has 0 amide bonds. The highest BCUT2D eigenvalue weighted by molar-refractivity contribution is 7.89. The highest BCUT2D eigenvalue weighted by atomic mass is 32.2. The zero-order valence-corrected chi connectivity index (χ0v) is 10.7. The van der Waals surface area contributed by atoms with Gasteiger partial charge in [-0.2, -0.15) is 0 Å². The van der Waals surface area contributed by atoms with E-state index in [-0.39, 0.29) is 11.4 Å². The third kappa shape index (κ3) is 3.03. The molecule has 0 unspecified atom stereocenters. The second kappa shape index (κ2) is 5.72. The largest absolute Gasteiger partial charge is 0.379 e. The number of morpholine rings is 1. The average Bonchev–Trinajstić information content (AvgIpc) is 2.39. The van der Waals surface area contributed by atoms with Crippen molar-refractivity contribution >= 4 is 10.0 Å². The molecule has 18 heavy (non-hydrogen) atoms. The Kier molecular flexibility index (Phi) is 4.25. The first-order valence-corrected chi connectivity index (χ1v) is 7.11. The maximum Gasteiger partial charge on any atom is 0.255 e. The summed E-state index contributed by atoms with van der Waals surface area (Å²) >= 11 is 0. The van der Waals surface area contributed by atoms with Crippen LogP contribution in [-0.4, -0.2) is 44.7 Å². The molecule has 7 nitrogen and oxygen atoms in total. The van der Waals surface area contributed by atoms with Gasteiger partial charge in [0.2, 0.25) is 0 Å². The lowest BCUT2D eigenvalue weighted by atomic mass is 10.3. The fraction of sp³-hybridized carbons (Fsp3) is 0.500. The van der Waals surface area contributed by atoms with Crippen LogP contribution in [0.3, 0.4) is 0 Å². The molecule has 1 aliphatic heterocycles. The zero-order valence-electron chi connectivity index (χ0n) is 9.87. The van der Waals surface area contributed by atoms with E-state index in [1.54, 1.807) is 11.1 Å². The van der Waals surface area contributed by atoms with Gasteiger partial charge in [0.25, 0.3) is 10.0 Å². The number of nitrogens with zero attached hydrogens (tertiary/aromatic N) is 2. The summed E-state index contributed by atoms with van der Waals surface area (Å²) in [5.74, 6) is 0. The van der Waals surface area contributed by atoms with Crippen molar-refractivity contribution in [2.45, 2.75) is 11.4 Å². The summed E-state index contributed by atoms with van der Waals surface area (Å²) in [4.78, 5) is 6.61. The molecule has 0 aromatic carbocycles. The third-order valence-electron chi connectivity index (χ3n) is 2.59. The number of hydrazine groups is 1.